The second kappa shape index (κ2) is 90.9. The first-order valence-corrected chi connectivity index (χ1v) is 553. The molecule has 0 aromatic carbocycles. The molecule has 0 aromatic heterocycles. The van der Waals surface area contributed by atoms with Crippen LogP contribution in [0.3, 0.4) is 0 Å². The van der Waals surface area contributed by atoms with Gasteiger partial charge in [0.15, 0.2) is 0 Å². The Morgan fingerprint density at radius 1 is 0.103 bits per heavy atom. The summed E-state index contributed by atoms with van der Waals surface area (Å²) in [6, 6.07) is 0. The van der Waals surface area contributed by atoms with E-state index in [-0.39, 0.29) is 0 Å². The Kier molecular flexibility index (Phi) is 157. The van der Waals surface area contributed by atoms with Gasteiger partial charge in [0.25, 0.3) is 0 Å². The van der Waals surface area contributed by atoms with Crippen molar-refractivity contribution in [2.75, 3.05) is 0 Å². The molecule has 0 atom stereocenters. The Labute approximate surface area is 1090 Å². The molecule has 0 amide bonds. The van der Waals surface area contributed by atoms with Crippen molar-refractivity contribution in [3.8, 4) is 0 Å². The van der Waals surface area contributed by atoms with Crippen molar-refractivity contribution in [3.63, 3.8) is 0 Å². The maximum atomic E-state index is 3.47. The van der Waals surface area contributed by atoms with Crippen LogP contribution in [0.25, 0.3) is 0 Å². The maximum absolute atomic E-state index is 3.47. The zero-order valence-corrected chi connectivity index (χ0v) is 221. The summed E-state index contributed by atoms with van der Waals surface area (Å²) in [5.41, 5.74) is 0. The third kappa shape index (κ3) is 61.8. The fourth-order valence-corrected chi connectivity index (χ4v) is 17000. The van der Waals surface area contributed by atoms with Crippen molar-refractivity contribution in [3.05, 3.63) is 0 Å². The van der Waals surface area contributed by atoms with Crippen LogP contribution in [0.2, 0.25) is 0 Å². The first kappa shape index (κ1) is 151. The SMILES string of the molecule is I[I-]I(I)I(I)I(I)I(I)I(I)I(I)I(I)I(I)I(I)I(I)I(I)I(I)I(I)I(I)I(I)I(I)I(I)I(I)I(I)I(I)I(I)I(I)I(I)I(I)I(I)I(I)I(I)I(I)I(I)I(I)I(I)I(I)I(I)I(I)I(I)I(I)I(I)I(I)I(I)I(I)I(I)I(I)I. The van der Waals surface area contributed by atoms with Crippen LogP contribution in [0.1, 0.15) is 0 Å². The molecule has 0 radical (unpaired) electrons. The Morgan fingerprint density at radius 3 is 0.241 bits per heavy atom. The van der Waals surface area contributed by atoms with Gasteiger partial charge in [-0.2, -0.15) is 0 Å². The zero-order valence-electron chi connectivity index (χ0n) is 32.9. The van der Waals surface area contributed by atoms with Gasteiger partial charge in [-0.1, -0.05) is 0 Å². The fraction of sp³-hybridized carbons (Fsp3) is 0. The average Bonchev–Trinajstić information content (AvgIpc) is 3.23. The Hall–Kier alpha value is 63.5. The number of hydrogen-bond donors (Lipinski definition) is 0. The number of hydrogen-bond acceptors (Lipinski definition) is 0. The van der Waals surface area contributed by atoms with E-state index in [0.29, 0.717) is 13.3 Å². The van der Waals surface area contributed by atoms with Gasteiger partial charge in [0.1, 0.15) is 0 Å². The molecule has 87 heteroatoms. The van der Waals surface area contributed by atoms with E-state index < -0.39 is 332 Å². The van der Waals surface area contributed by atoms with Crippen LogP contribution in [0.4, 0.5) is 0 Å². The molecule has 0 saturated heterocycles. The molecular formula is I87-. The van der Waals surface area contributed by atoms with Gasteiger partial charge in [-0.05, 0) is 0 Å². The van der Waals surface area contributed by atoms with E-state index in [0.717, 1.165) is 0 Å². The van der Waals surface area contributed by atoms with E-state index in [1.54, 1.807) is 0 Å². The summed E-state index contributed by atoms with van der Waals surface area (Å²) in [5.74, 6) is 0. The summed E-state index contributed by atoms with van der Waals surface area (Å²) in [6.45, 7) is 0. The molecule has 0 unspecified atom stereocenters. The van der Waals surface area contributed by atoms with Crippen molar-refractivity contribution in [2.45, 2.75) is 0 Å². The van der Waals surface area contributed by atoms with Gasteiger partial charge in [-0.3, -0.25) is 0 Å². The number of halogens is 87. The van der Waals surface area contributed by atoms with Crippen molar-refractivity contribution in [1.29, 1.82) is 0 Å². The van der Waals surface area contributed by atoms with Crippen LogP contribution in [0, 0.1) is 0 Å². The second-order valence-electron chi connectivity index (χ2n) is 6.86. The Balaban J connectivity index is 5.84. The molecule has 87 heavy (non-hydrogen) atoms. The molecule has 0 N–H and O–H groups in total. The van der Waals surface area contributed by atoms with E-state index in [2.05, 4.69) is 819 Å². The molecule has 0 fully saturated rings. The van der Waals surface area contributed by atoms with Gasteiger partial charge in [0.05, 0.1) is 0 Å². The topological polar surface area (TPSA) is 0 Å². The summed E-state index contributed by atoms with van der Waals surface area (Å²) >= 11 is 149. The zero-order chi connectivity index (χ0) is 69.0. The molecule has 0 heterocycles. The van der Waals surface area contributed by atoms with Crippen LogP contribution >= 0.6 is 1150 Å². The normalized spacial score (nSPS) is 19.1. The minimum atomic E-state index is -0.646. The first-order valence-electron chi connectivity index (χ1n) is 12.3. The van der Waals surface area contributed by atoms with Gasteiger partial charge >= 0.3 is 1160 Å². The minimum absolute atomic E-state index is 0.418. The molecule has 0 rings (SSSR count). The molecule has 0 aromatic rings. The van der Waals surface area contributed by atoms with Crippen molar-refractivity contribution in [2.24, 2.45) is 0 Å². The summed E-state index contributed by atoms with van der Waals surface area (Å²) < 4.78 is 0. The molecule has 0 saturated carbocycles. The Morgan fingerprint density at radius 2 is 0.172 bits per heavy atom. The third-order valence-electron chi connectivity index (χ3n) is 3.39. The summed E-state index contributed by atoms with van der Waals surface area (Å²) in [4.78, 5) is 0. The average molecular weight is 11000 g/mol. The number of rotatable bonds is 42. The van der Waals surface area contributed by atoms with Crippen molar-refractivity contribution in [1.82, 2.24) is 0 Å². The van der Waals surface area contributed by atoms with Crippen molar-refractivity contribution < 1.29 is 13.3 Å². The third-order valence-corrected chi connectivity index (χ3v) is 6860. The Bertz CT molecular complexity index is 1770. The molecule has 0 nitrogen and oxygen atoms in total. The molecule has 610 valence electrons. The van der Waals surface area contributed by atoms with Gasteiger partial charge in [0.2, 0.25) is 0 Å². The summed E-state index contributed by atoms with van der Waals surface area (Å²) in [6.07, 6.45) is 0. The predicted molar refractivity (Wildman–Crippen MR) is 1210 cm³/mol. The van der Waals surface area contributed by atoms with Crippen LogP contribution in [-0.2, 0) is 0 Å². The fourth-order valence-electron chi connectivity index (χ4n) is 1.25. The molecule has 0 bridgehead atoms. The van der Waals surface area contributed by atoms with E-state index in [9.17, 15) is 0 Å². The first-order chi connectivity index (χ1) is 39.6. The van der Waals surface area contributed by atoms with E-state index in [1.807, 2.05) is 0 Å². The quantitative estimate of drug-likeness (QED) is 0.0535. The molecule has 0 aliphatic carbocycles. The van der Waals surface area contributed by atoms with Gasteiger partial charge in [0, 0.05) is 0 Å². The van der Waals surface area contributed by atoms with Crippen LogP contribution in [-0.4, -0.2) is 0 Å². The monoisotopic (exact) mass is 11000 g/mol. The predicted octanol–water partition coefficient (Wildman–Crippen LogP) is 73.2. The molecule has 0 aliphatic rings. The second-order valence-corrected chi connectivity index (χ2v) is 2070. The van der Waals surface area contributed by atoms with Crippen LogP contribution in [0.5, 0.6) is 0 Å². The summed E-state index contributed by atoms with van der Waals surface area (Å²) in [7, 11) is -25.0. The van der Waals surface area contributed by atoms with E-state index in [1.165, 1.54) is 0 Å². The summed E-state index contributed by atoms with van der Waals surface area (Å²) in [5, 5.41) is 0. The van der Waals surface area contributed by atoms with Crippen LogP contribution < -0.4 is 13.3 Å². The molecule has 0 spiro atoms. The standard InChI is InChI=1S/I87/c1-45-47(4)49(6)51(8)53(10)55(12)57(14)59(16)61(18)63(20)65(22)67(24)69(26)71(28)73(30)75(32)77(34)79(36)81(38)83(40)85(42)87(44)86(43)84(41)82(39)80(37)78(35)76(33)74(31)72(29)70(27)68(25)66(23)64(21)62(19)60(17)58(15)56(13)54(11)52(9)50(7)48(5)46(2)3/q-1. The van der Waals surface area contributed by atoms with Gasteiger partial charge < -0.3 is 0 Å². The van der Waals surface area contributed by atoms with E-state index >= 15 is 0 Å². The van der Waals surface area contributed by atoms with Crippen LogP contribution in [0.15, 0.2) is 0 Å². The molecular weight excluding hydrogens is 11000 g/mol. The molecule has 0 aliphatic heterocycles. The van der Waals surface area contributed by atoms with E-state index in [4.69, 9.17) is 0 Å². The van der Waals surface area contributed by atoms with Gasteiger partial charge in [-0.15, -0.1) is 0 Å². The van der Waals surface area contributed by atoms with Gasteiger partial charge in [-0.25, -0.2) is 0 Å². The van der Waals surface area contributed by atoms with Crippen molar-refractivity contribution >= 4 is 1150 Å².